The second kappa shape index (κ2) is 12.9. The van der Waals surface area contributed by atoms with Crippen LogP contribution < -0.4 is 20.7 Å². The zero-order valence-electron chi connectivity index (χ0n) is 23.5. The average molecular weight is 514 g/mol. The molecule has 1 unspecified atom stereocenters. The Morgan fingerprint density at radius 3 is 2.53 bits per heavy atom. The van der Waals surface area contributed by atoms with Crippen LogP contribution in [0.5, 0.6) is 5.75 Å². The Morgan fingerprint density at radius 1 is 1.16 bits per heavy atom. The maximum atomic E-state index is 10.2. The number of aryl methyl sites for hydroxylation is 1. The lowest BCUT2D eigenvalue weighted by Gasteiger charge is -2.24. The van der Waals surface area contributed by atoms with Crippen LogP contribution in [0, 0.1) is 24.2 Å². The summed E-state index contributed by atoms with van der Waals surface area (Å²) in [4.78, 5) is 13.5. The number of anilines is 4. The minimum absolute atomic E-state index is 0.0814. The molecule has 0 saturated carbocycles. The highest BCUT2D eigenvalue weighted by Crippen LogP contribution is 2.37. The molecule has 0 aliphatic heterocycles. The molecule has 0 bridgehead atoms. The summed E-state index contributed by atoms with van der Waals surface area (Å²) in [5, 5.41) is 13.4. The van der Waals surface area contributed by atoms with Crippen molar-refractivity contribution in [2.45, 2.75) is 27.2 Å². The first-order valence-corrected chi connectivity index (χ1v) is 12.8. The molecule has 3 rings (SSSR count). The standard InChI is InChI=1S/C30H39N7O/c1-8-20(2)23(19-31)29(22-12-10-9-11-21(22)3)25-13-14-33-30(34-25)35-26-17-24(32)27(18-28(26)38-7)37(6)16-15-36(4)5/h9-14,17-18,20H,8,15-16,32H2,1-7H3,(H,33,34,35)/b29-23+. The number of likely N-dealkylation sites (N-methyl/N-ethyl adjacent to an activating group) is 2. The predicted octanol–water partition coefficient (Wildman–Crippen LogP) is 5.49. The number of allylic oxidation sites excluding steroid dienone is 1. The molecule has 2 aromatic carbocycles. The van der Waals surface area contributed by atoms with Gasteiger partial charge in [0.05, 0.1) is 35.9 Å². The average Bonchev–Trinajstić information content (AvgIpc) is 2.90. The van der Waals surface area contributed by atoms with Crippen molar-refractivity contribution in [2.24, 2.45) is 5.92 Å². The number of aromatic nitrogens is 2. The molecule has 8 nitrogen and oxygen atoms in total. The molecule has 1 atom stereocenters. The minimum atomic E-state index is 0.0814. The van der Waals surface area contributed by atoms with Crippen molar-refractivity contribution in [3.63, 3.8) is 0 Å². The first kappa shape index (κ1) is 28.5. The highest BCUT2D eigenvalue weighted by Gasteiger charge is 2.20. The lowest BCUT2D eigenvalue weighted by atomic mass is 9.87. The molecule has 3 N–H and O–H groups in total. The Balaban J connectivity index is 2.04. The van der Waals surface area contributed by atoms with Crippen LogP contribution in [0.15, 0.2) is 54.2 Å². The van der Waals surface area contributed by atoms with Crippen molar-refractivity contribution < 1.29 is 4.74 Å². The number of methoxy groups -OCH3 is 1. The van der Waals surface area contributed by atoms with Crippen LogP contribution in [0.2, 0.25) is 0 Å². The Labute approximate surface area is 226 Å². The van der Waals surface area contributed by atoms with Crippen molar-refractivity contribution in [1.82, 2.24) is 14.9 Å². The monoisotopic (exact) mass is 513 g/mol. The normalized spacial score (nSPS) is 12.5. The van der Waals surface area contributed by atoms with E-state index in [0.717, 1.165) is 41.9 Å². The Hall–Kier alpha value is -4.09. The van der Waals surface area contributed by atoms with Gasteiger partial charge in [-0.3, -0.25) is 0 Å². The summed E-state index contributed by atoms with van der Waals surface area (Å²) in [7, 11) is 7.72. The van der Waals surface area contributed by atoms with Gasteiger partial charge in [-0.1, -0.05) is 38.1 Å². The molecule has 0 spiro atoms. The molecule has 1 aromatic heterocycles. The second-order valence-electron chi connectivity index (χ2n) is 9.75. The van der Waals surface area contributed by atoms with E-state index < -0.39 is 0 Å². The van der Waals surface area contributed by atoms with E-state index in [9.17, 15) is 5.26 Å². The minimum Gasteiger partial charge on any atom is -0.494 e. The lowest BCUT2D eigenvalue weighted by molar-refractivity contribution is 0.413. The van der Waals surface area contributed by atoms with E-state index in [1.54, 1.807) is 13.3 Å². The number of nitriles is 1. The van der Waals surface area contributed by atoms with Gasteiger partial charge in [0, 0.05) is 43.5 Å². The summed E-state index contributed by atoms with van der Waals surface area (Å²) in [5.41, 5.74) is 12.9. The molecule has 1 heterocycles. The van der Waals surface area contributed by atoms with Gasteiger partial charge in [-0.2, -0.15) is 5.26 Å². The van der Waals surface area contributed by atoms with Crippen molar-refractivity contribution in [2.75, 3.05) is 57.3 Å². The van der Waals surface area contributed by atoms with Crippen molar-refractivity contribution in [1.29, 1.82) is 5.26 Å². The fraction of sp³-hybridized carbons (Fsp3) is 0.367. The summed E-state index contributed by atoms with van der Waals surface area (Å²) >= 11 is 0. The molecule has 3 aromatic rings. The summed E-state index contributed by atoms with van der Waals surface area (Å²) in [6.45, 7) is 7.93. The van der Waals surface area contributed by atoms with Crippen LogP contribution in [0.1, 0.15) is 37.1 Å². The number of hydrogen-bond acceptors (Lipinski definition) is 8. The van der Waals surface area contributed by atoms with E-state index >= 15 is 0 Å². The summed E-state index contributed by atoms with van der Waals surface area (Å²) < 4.78 is 5.69. The largest absolute Gasteiger partial charge is 0.494 e. The van der Waals surface area contributed by atoms with E-state index in [1.807, 2.05) is 70.5 Å². The molecular weight excluding hydrogens is 474 g/mol. The van der Waals surface area contributed by atoms with Crippen molar-refractivity contribution in [3.8, 4) is 11.8 Å². The number of nitrogen functional groups attached to an aromatic ring is 1. The third-order valence-corrected chi connectivity index (χ3v) is 6.71. The number of nitrogens with zero attached hydrogens (tertiary/aromatic N) is 5. The summed E-state index contributed by atoms with van der Waals surface area (Å²) in [5.74, 6) is 1.10. The fourth-order valence-electron chi connectivity index (χ4n) is 4.22. The van der Waals surface area contributed by atoms with Crippen LogP contribution >= 0.6 is 0 Å². The lowest BCUT2D eigenvalue weighted by Crippen LogP contribution is -2.29. The van der Waals surface area contributed by atoms with Crippen LogP contribution in [0.25, 0.3) is 5.57 Å². The number of nitrogens with one attached hydrogen (secondary N) is 1. The zero-order valence-corrected chi connectivity index (χ0v) is 23.5. The van der Waals surface area contributed by atoms with E-state index in [4.69, 9.17) is 15.5 Å². The third kappa shape index (κ3) is 6.61. The van der Waals surface area contributed by atoms with Crippen LogP contribution in [0.3, 0.4) is 0 Å². The predicted molar refractivity (Wildman–Crippen MR) is 157 cm³/mol. The SMILES string of the molecule is CCC(C)/C(C#N)=C(/c1ccnc(Nc2cc(N)c(N(C)CCN(C)C)cc2OC)n1)c1ccccc1C. The molecule has 0 amide bonds. The first-order chi connectivity index (χ1) is 18.2. The van der Waals surface area contributed by atoms with Crippen molar-refractivity contribution >= 4 is 28.6 Å². The van der Waals surface area contributed by atoms with Gasteiger partial charge >= 0.3 is 0 Å². The smallest absolute Gasteiger partial charge is 0.227 e. The number of nitrogens with two attached hydrogens (primary N) is 1. The number of ether oxygens (including phenoxy) is 1. The Kier molecular flexibility index (Phi) is 9.69. The molecule has 0 aliphatic rings. The Bertz CT molecular complexity index is 1330. The molecule has 200 valence electrons. The van der Waals surface area contributed by atoms with Gasteiger partial charge in [-0.15, -0.1) is 0 Å². The molecular formula is C30H39N7O. The maximum Gasteiger partial charge on any atom is 0.227 e. The van der Waals surface area contributed by atoms with Gasteiger partial charge in [0.1, 0.15) is 5.75 Å². The highest BCUT2D eigenvalue weighted by molar-refractivity contribution is 5.85. The van der Waals surface area contributed by atoms with Gasteiger partial charge in [-0.05, 0) is 56.6 Å². The number of benzene rings is 2. The summed E-state index contributed by atoms with van der Waals surface area (Å²) in [6.07, 6.45) is 2.55. The topological polar surface area (TPSA) is 103 Å². The molecule has 0 radical (unpaired) electrons. The van der Waals surface area contributed by atoms with Crippen molar-refractivity contribution in [3.05, 3.63) is 71.1 Å². The van der Waals surface area contributed by atoms with Gasteiger partial charge in [0.2, 0.25) is 5.95 Å². The second-order valence-corrected chi connectivity index (χ2v) is 9.75. The van der Waals surface area contributed by atoms with Gasteiger partial charge in [-0.25, -0.2) is 9.97 Å². The molecule has 38 heavy (non-hydrogen) atoms. The Morgan fingerprint density at radius 2 is 1.89 bits per heavy atom. The first-order valence-electron chi connectivity index (χ1n) is 12.8. The van der Waals surface area contributed by atoms with Crippen LogP contribution in [0.4, 0.5) is 23.0 Å². The van der Waals surface area contributed by atoms with E-state index in [1.165, 1.54) is 0 Å². The van der Waals surface area contributed by atoms with Gasteiger partial charge < -0.3 is 25.6 Å². The molecule has 0 saturated heterocycles. The van der Waals surface area contributed by atoms with Crippen LogP contribution in [-0.2, 0) is 0 Å². The number of hydrogen-bond donors (Lipinski definition) is 2. The zero-order chi connectivity index (χ0) is 27.8. The van der Waals surface area contributed by atoms with Crippen LogP contribution in [-0.4, -0.2) is 56.2 Å². The highest BCUT2D eigenvalue weighted by atomic mass is 16.5. The van der Waals surface area contributed by atoms with Gasteiger partial charge in [0.25, 0.3) is 0 Å². The summed E-state index contributed by atoms with van der Waals surface area (Å²) in [6, 6.07) is 16.1. The van der Waals surface area contributed by atoms with E-state index in [2.05, 4.69) is 40.0 Å². The molecule has 0 aliphatic carbocycles. The number of rotatable bonds is 11. The fourth-order valence-corrected chi connectivity index (χ4v) is 4.22. The molecule has 0 fully saturated rings. The van der Waals surface area contributed by atoms with E-state index in [-0.39, 0.29) is 5.92 Å². The maximum absolute atomic E-state index is 10.2. The molecule has 8 heteroatoms. The quantitative estimate of drug-likeness (QED) is 0.256. The van der Waals surface area contributed by atoms with E-state index in [0.29, 0.717) is 34.3 Å². The third-order valence-electron chi connectivity index (χ3n) is 6.71. The van der Waals surface area contributed by atoms with Gasteiger partial charge in [0.15, 0.2) is 0 Å².